The van der Waals surface area contributed by atoms with Crippen LogP contribution in [0.3, 0.4) is 0 Å². The molecule has 0 unspecified atom stereocenters. The number of rotatable bonds is 6. The zero-order valence-electron chi connectivity index (χ0n) is 14.4. The second-order valence-electron chi connectivity index (χ2n) is 5.51. The minimum Gasteiger partial charge on any atom is -0.480 e. The van der Waals surface area contributed by atoms with Crippen LogP contribution in [0.1, 0.15) is 28.5 Å². The first kappa shape index (κ1) is 17.5. The molecule has 0 aliphatic heterocycles. The van der Waals surface area contributed by atoms with Crippen molar-refractivity contribution in [2.75, 3.05) is 7.11 Å². The van der Waals surface area contributed by atoms with E-state index in [4.69, 9.17) is 4.74 Å². The number of nitrogens with one attached hydrogen (secondary N) is 1. The lowest BCUT2D eigenvalue weighted by Crippen LogP contribution is -2.23. The molecule has 0 atom stereocenters. The largest absolute Gasteiger partial charge is 0.480 e. The van der Waals surface area contributed by atoms with Gasteiger partial charge in [0.15, 0.2) is 5.82 Å². The van der Waals surface area contributed by atoms with Crippen molar-refractivity contribution in [1.82, 2.24) is 25.3 Å². The maximum Gasteiger partial charge on any atom is 0.255 e. The van der Waals surface area contributed by atoms with E-state index in [1.807, 2.05) is 6.92 Å². The van der Waals surface area contributed by atoms with Crippen LogP contribution < -0.4 is 10.1 Å². The summed E-state index contributed by atoms with van der Waals surface area (Å²) in [6.07, 6.45) is 2.09. The van der Waals surface area contributed by atoms with Gasteiger partial charge >= 0.3 is 0 Å². The average Bonchev–Trinajstić information content (AvgIpc) is 3.11. The summed E-state index contributed by atoms with van der Waals surface area (Å²) in [4.78, 5) is 12.5. The number of nitrogens with zero attached hydrogens (tertiary/aromatic N) is 4. The zero-order chi connectivity index (χ0) is 18.5. The van der Waals surface area contributed by atoms with E-state index in [0.717, 1.165) is 11.3 Å². The lowest BCUT2D eigenvalue weighted by Gasteiger charge is -2.08. The maximum atomic E-state index is 12.9. The van der Waals surface area contributed by atoms with Crippen molar-refractivity contribution in [1.29, 1.82) is 0 Å². The number of ether oxygens (including phenoxy) is 1. The normalized spacial score (nSPS) is 10.6. The lowest BCUT2D eigenvalue weighted by molar-refractivity contribution is 0.0950. The predicted molar refractivity (Wildman–Crippen MR) is 92.7 cm³/mol. The highest BCUT2D eigenvalue weighted by Crippen LogP contribution is 2.15. The van der Waals surface area contributed by atoms with Gasteiger partial charge in [-0.1, -0.05) is 19.1 Å². The van der Waals surface area contributed by atoms with Crippen molar-refractivity contribution in [3.05, 3.63) is 65.2 Å². The Balaban J connectivity index is 1.78. The minimum absolute atomic E-state index is 0.251. The van der Waals surface area contributed by atoms with Crippen LogP contribution >= 0.6 is 0 Å². The highest BCUT2D eigenvalue weighted by molar-refractivity contribution is 5.95. The van der Waals surface area contributed by atoms with Crippen molar-refractivity contribution < 1.29 is 13.9 Å². The van der Waals surface area contributed by atoms with Gasteiger partial charge in [-0.25, -0.2) is 9.07 Å². The second-order valence-corrected chi connectivity index (χ2v) is 5.51. The quantitative estimate of drug-likeness (QED) is 0.734. The van der Waals surface area contributed by atoms with Gasteiger partial charge in [-0.3, -0.25) is 4.79 Å². The summed E-state index contributed by atoms with van der Waals surface area (Å²) >= 11 is 0. The zero-order valence-corrected chi connectivity index (χ0v) is 14.4. The maximum absolute atomic E-state index is 12.9. The molecule has 1 amide bonds. The molecule has 0 aliphatic carbocycles. The van der Waals surface area contributed by atoms with E-state index in [2.05, 4.69) is 20.6 Å². The Kier molecular flexibility index (Phi) is 5.21. The molecule has 7 nitrogen and oxygen atoms in total. The summed E-state index contributed by atoms with van der Waals surface area (Å²) in [6.45, 7) is 2.23. The van der Waals surface area contributed by atoms with Crippen LogP contribution in [-0.2, 0) is 13.0 Å². The summed E-state index contributed by atoms with van der Waals surface area (Å²) in [6, 6.07) is 9.38. The molecule has 0 fully saturated rings. The first-order valence-electron chi connectivity index (χ1n) is 8.10. The lowest BCUT2D eigenvalue weighted by atomic mass is 10.1. The van der Waals surface area contributed by atoms with E-state index in [9.17, 15) is 9.18 Å². The SMILES string of the molecule is CCc1c(C(=O)NCc2ccc(F)cc2)cnn1-c1ccc(OC)nn1. The van der Waals surface area contributed by atoms with Gasteiger partial charge < -0.3 is 10.1 Å². The van der Waals surface area contributed by atoms with Gasteiger partial charge in [-0.05, 0) is 30.2 Å². The van der Waals surface area contributed by atoms with Crippen LogP contribution in [0.25, 0.3) is 5.82 Å². The third-order valence-electron chi connectivity index (χ3n) is 3.87. The number of carbonyl (C=O) groups excluding carboxylic acids is 1. The summed E-state index contributed by atoms with van der Waals surface area (Å²) in [5.74, 6) is 0.338. The van der Waals surface area contributed by atoms with Gasteiger partial charge in [0.2, 0.25) is 5.88 Å². The minimum atomic E-state index is -0.310. The van der Waals surface area contributed by atoms with Crippen molar-refractivity contribution in [2.24, 2.45) is 0 Å². The fourth-order valence-electron chi connectivity index (χ4n) is 2.52. The van der Waals surface area contributed by atoms with Gasteiger partial charge in [-0.2, -0.15) is 5.10 Å². The predicted octanol–water partition coefficient (Wildman–Crippen LogP) is 2.30. The van der Waals surface area contributed by atoms with Crippen LogP contribution in [0.15, 0.2) is 42.6 Å². The first-order chi connectivity index (χ1) is 12.6. The molecule has 1 N–H and O–H groups in total. The molecule has 0 bridgehead atoms. The molecule has 2 heterocycles. The topological polar surface area (TPSA) is 81.9 Å². The fourth-order valence-corrected chi connectivity index (χ4v) is 2.52. The van der Waals surface area contributed by atoms with E-state index in [1.165, 1.54) is 25.4 Å². The van der Waals surface area contributed by atoms with Crippen LogP contribution in [-0.4, -0.2) is 33.0 Å². The molecule has 8 heteroatoms. The number of hydrogen-bond acceptors (Lipinski definition) is 5. The van der Waals surface area contributed by atoms with E-state index in [-0.39, 0.29) is 11.7 Å². The molecule has 3 rings (SSSR count). The van der Waals surface area contributed by atoms with E-state index >= 15 is 0 Å². The number of amides is 1. The van der Waals surface area contributed by atoms with Crippen molar-refractivity contribution >= 4 is 5.91 Å². The summed E-state index contributed by atoms with van der Waals surface area (Å²) in [5.41, 5.74) is 2.00. The van der Waals surface area contributed by atoms with Gasteiger partial charge in [0.05, 0.1) is 24.6 Å². The summed E-state index contributed by atoms with van der Waals surface area (Å²) < 4.78 is 19.5. The van der Waals surface area contributed by atoms with E-state index in [1.54, 1.807) is 28.9 Å². The number of methoxy groups -OCH3 is 1. The van der Waals surface area contributed by atoms with Crippen LogP contribution in [0.5, 0.6) is 5.88 Å². The highest BCUT2D eigenvalue weighted by Gasteiger charge is 2.18. The molecular weight excluding hydrogens is 337 g/mol. The standard InChI is InChI=1S/C18H18FN5O2/c1-3-15-14(18(25)20-10-12-4-6-13(19)7-5-12)11-21-24(15)16-8-9-17(26-2)23-22-16/h4-9,11H,3,10H2,1-2H3,(H,20,25). The van der Waals surface area contributed by atoms with Crippen LogP contribution in [0.2, 0.25) is 0 Å². The summed E-state index contributed by atoms with van der Waals surface area (Å²) in [5, 5.41) is 15.1. The Morgan fingerprint density at radius 2 is 1.96 bits per heavy atom. The molecule has 2 aromatic heterocycles. The second kappa shape index (κ2) is 7.73. The smallest absolute Gasteiger partial charge is 0.255 e. The highest BCUT2D eigenvalue weighted by atomic mass is 19.1. The average molecular weight is 355 g/mol. The van der Waals surface area contributed by atoms with Crippen LogP contribution in [0.4, 0.5) is 4.39 Å². The van der Waals surface area contributed by atoms with Crippen molar-refractivity contribution in [2.45, 2.75) is 19.9 Å². The fraction of sp³-hybridized carbons (Fsp3) is 0.222. The van der Waals surface area contributed by atoms with Gasteiger partial charge in [0.25, 0.3) is 5.91 Å². The first-order valence-corrected chi connectivity index (χ1v) is 8.10. The Morgan fingerprint density at radius 1 is 1.19 bits per heavy atom. The van der Waals surface area contributed by atoms with Crippen molar-refractivity contribution in [3.8, 4) is 11.7 Å². The molecule has 0 saturated carbocycles. The van der Waals surface area contributed by atoms with Gasteiger partial charge in [0.1, 0.15) is 5.82 Å². The number of aromatic nitrogens is 4. The molecule has 0 radical (unpaired) electrons. The molecule has 1 aromatic carbocycles. The number of hydrogen-bond donors (Lipinski definition) is 1. The molecule has 3 aromatic rings. The third kappa shape index (κ3) is 3.69. The van der Waals surface area contributed by atoms with E-state index in [0.29, 0.717) is 30.2 Å². The molecule has 134 valence electrons. The molecule has 0 saturated heterocycles. The van der Waals surface area contributed by atoms with Crippen molar-refractivity contribution in [3.63, 3.8) is 0 Å². The molecular formula is C18H18FN5O2. The third-order valence-corrected chi connectivity index (χ3v) is 3.87. The molecule has 26 heavy (non-hydrogen) atoms. The summed E-state index contributed by atoms with van der Waals surface area (Å²) in [7, 11) is 1.51. The number of carbonyl (C=O) groups is 1. The van der Waals surface area contributed by atoms with Crippen LogP contribution in [0, 0.1) is 5.82 Å². The van der Waals surface area contributed by atoms with Gasteiger partial charge in [0, 0.05) is 12.6 Å². The Morgan fingerprint density at radius 3 is 2.58 bits per heavy atom. The monoisotopic (exact) mass is 355 g/mol. The van der Waals surface area contributed by atoms with Gasteiger partial charge in [-0.15, -0.1) is 10.2 Å². The van der Waals surface area contributed by atoms with E-state index < -0.39 is 0 Å². The number of halogens is 1. The molecule has 0 aliphatic rings. The Labute approximate surface area is 149 Å². The number of benzene rings is 1. The Hall–Kier alpha value is -3.29. The Bertz CT molecular complexity index is 891. The molecule has 0 spiro atoms.